The molecule has 3 aromatic rings. The number of nitrogens with zero attached hydrogens (tertiary/aromatic N) is 6. The number of nitriles is 1. The molecule has 9 nitrogen and oxygen atoms in total. The van der Waals surface area contributed by atoms with Crippen LogP contribution in [-0.4, -0.2) is 31.4 Å². The molecular weight excluding hydrogens is 348 g/mol. The van der Waals surface area contributed by atoms with Gasteiger partial charge in [0.25, 0.3) is 11.7 Å². The van der Waals surface area contributed by atoms with Gasteiger partial charge in [0.2, 0.25) is 0 Å². The number of aromatic nitrogens is 3. The van der Waals surface area contributed by atoms with Crippen molar-refractivity contribution in [1.82, 2.24) is 19.8 Å². The van der Waals surface area contributed by atoms with E-state index in [9.17, 15) is 4.79 Å². The van der Waals surface area contributed by atoms with Crippen LogP contribution in [0.1, 0.15) is 29.8 Å². The van der Waals surface area contributed by atoms with Crippen LogP contribution in [0.25, 0.3) is 6.08 Å². The maximum absolute atomic E-state index is 12.8. The summed E-state index contributed by atoms with van der Waals surface area (Å²) in [6.45, 7) is -0.0788. The zero-order valence-electron chi connectivity index (χ0n) is 14.1. The number of hydrogen-bond donors (Lipinski definition) is 0. The van der Waals surface area contributed by atoms with E-state index in [1.807, 2.05) is 24.3 Å². The Morgan fingerprint density at radius 3 is 2.85 bits per heavy atom. The van der Waals surface area contributed by atoms with Crippen LogP contribution < -0.4 is 0 Å². The van der Waals surface area contributed by atoms with Gasteiger partial charge in [0.05, 0.1) is 18.2 Å². The van der Waals surface area contributed by atoms with Gasteiger partial charge in [-0.2, -0.15) is 10.4 Å². The van der Waals surface area contributed by atoms with Crippen molar-refractivity contribution in [3.63, 3.8) is 0 Å². The zero-order valence-corrected chi connectivity index (χ0v) is 14.1. The molecule has 0 fully saturated rings. The second-order valence-electron chi connectivity index (χ2n) is 5.79. The monoisotopic (exact) mass is 362 g/mol. The van der Waals surface area contributed by atoms with Crippen molar-refractivity contribution < 1.29 is 13.6 Å². The number of furan rings is 2. The molecular formula is C18H14N6O3. The normalized spacial score (nSPS) is 16.6. The molecule has 0 bridgehead atoms. The molecule has 4 rings (SSSR count). The van der Waals surface area contributed by atoms with Crippen molar-refractivity contribution in [2.45, 2.75) is 19.0 Å². The van der Waals surface area contributed by atoms with Crippen molar-refractivity contribution >= 4 is 17.7 Å². The number of hydrogen-bond acceptors (Lipinski definition) is 7. The second kappa shape index (κ2) is 7.13. The van der Waals surface area contributed by atoms with E-state index in [-0.39, 0.29) is 24.3 Å². The predicted molar refractivity (Wildman–Crippen MR) is 92.8 cm³/mol. The van der Waals surface area contributed by atoms with Crippen LogP contribution in [-0.2, 0) is 11.3 Å². The highest BCUT2D eigenvalue weighted by Gasteiger charge is 2.33. The Balaban J connectivity index is 1.55. The predicted octanol–water partition coefficient (Wildman–Crippen LogP) is 2.38. The van der Waals surface area contributed by atoms with Crippen LogP contribution in [0.4, 0.5) is 0 Å². The summed E-state index contributed by atoms with van der Waals surface area (Å²) in [4.78, 5) is 16.6. The molecule has 0 saturated carbocycles. The third-order valence-electron chi connectivity index (χ3n) is 3.98. The molecule has 3 aromatic heterocycles. The van der Waals surface area contributed by atoms with Crippen LogP contribution in [0.15, 0.2) is 63.1 Å². The molecule has 0 aliphatic carbocycles. The summed E-state index contributed by atoms with van der Waals surface area (Å²) in [5, 5.41) is 18.5. The molecule has 0 radical (unpaired) electrons. The van der Waals surface area contributed by atoms with Crippen molar-refractivity contribution in [3.8, 4) is 6.07 Å². The standard InChI is InChI=1S/C18H14N6O3/c19-10-17-20-12-23(22-17)11-18(25)24-15(16-4-2-8-27-16)9-13(21-24)5-6-14-3-1-7-26-14/h1-8,12,15H,9,11H2/b6-5-/t15-/m0/s1. The molecule has 0 spiro atoms. The molecule has 27 heavy (non-hydrogen) atoms. The molecule has 1 aliphatic heterocycles. The van der Waals surface area contributed by atoms with Crippen LogP contribution in [0.5, 0.6) is 0 Å². The minimum atomic E-state index is -0.345. The molecule has 1 amide bonds. The van der Waals surface area contributed by atoms with Gasteiger partial charge >= 0.3 is 0 Å². The fourth-order valence-electron chi connectivity index (χ4n) is 2.76. The Morgan fingerprint density at radius 1 is 1.30 bits per heavy atom. The first kappa shape index (κ1) is 16.5. The van der Waals surface area contributed by atoms with Crippen molar-refractivity contribution in [3.05, 3.63) is 66.5 Å². The van der Waals surface area contributed by atoms with E-state index >= 15 is 0 Å². The quantitative estimate of drug-likeness (QED) is 0.688. The Kier molecular flexibility index (Phi) is 4.37. The lowest BCUT2D eigenvalue weighted by molar-refractivity contribution is -0.134. The number of carbonyl (C=O) groups excluding carboxylic acids is 1. The highest BCUT2D eigenvalue weighted by Crippen LogP contribution is 2.31. The molecule has 1 atom stereocenters. The largest absolute Gasteiger partial charge is 0.467 e. The number of allylic oxidation sites excluding steroid dienone is 1. The smallest absolute Gasteiger partial charge is 0.265 e. The van der Waals surface area contributed by atoms with Gasteiger partial charge in [-0.05, 0) is 36.4 Å². The highest BCUT2D eigenvalue weighted by atomic mass is 16.3. The van der Waals surface area contributed by atoms with Crippen LogP contribution in [0.2, 0.25) is 0 Å². The second-order valence-corrected chi connectivity index (χ2v) is 5.79. The summed E-state index contributed by atoms with van der Waals surface area (Å²) in [6, 6.07) is 8.69. The Hall–Kier alpha value is -3.93. The lowest BCUT2D eigenvalue weighted by Crippen LogP contribution is -2.30. The summed E-state index contributed by atoms with van der Waals surface area (Å²) < 4.78 is 12.1. The molecule has 4 heterocycles. The SMILES string of the molecule is N#Cc1ncn(CC(=O)N2N=C(/C=C\c3ccco3)C[C@H]2c2ccco2)n1. The maximum atomic E-state index is 12.8. The van der Waals surface area contributed by atoms with Crippen LogP contribution in [0.3, 0.4) is 0 Å². The minimum Gasteiger partial charge on any atom is -0.467 e. The number of hydrazone groups is 1. The third-order valence-corrected chi connectivity index (χ3v) is 3.98. The summed E-state index contributed by atoms with van der Waals surface area (Å²) in [7, 11) is 0. The first-order valence-electron chi connectivity index (χ1n) is 8.17. The van der Waals surface area contributed by atoms with Gasteiger partial charge in [-0.15, -0.1) is 5.10 Å². The Morgan fingerprint density at radius 2 is 2.15 bits per heavy atom. The van der Waals surface area contributed by atoms with Crippen LogP contribution >= 0.6 is 0 Å². The van der Waals surface area contributed by atoms with Crippen molar-refractivity contribution in [1.29, 1.82) is 5.26 Å². The van der Waals surface area contributed by atoms with Gasteiger partial charge in [0, 0.05) is 6.42 Å². The van der Waals surface area contributed by atoms with Gasteiger partial charge in [-0.1, -0.05) is 0 Å². The van der Waals surface area contributed by atoms with Crippen molar-refractivity contribution in [2.24, 2.45) is 5.10 Å². The summed E-state index contributed by atoms with van der Waals surface area (Å²) in [6.07, 6.45) is 8.61. The molecule has 0 unspecified atom stereocenters. The first-order chi connectivity index (χ1) is 13.2. The van der Waals surface area contributed by atoms with E-state index in [1.165, 1.54) is 16.0 Å². The molecule has 0 N–H and O–H groups in total. The molecule has 0 saturated heterocycles. The number of rotatable bonds is 5. The van der Waals surface area contributed by atoms with Gasteiger partial charge in [-0.3, -0.25) is 4.79 Å². The average Bonchev–Trinajstić information content (AvgIpc) is 3.47. The highest BCUT2D eigenvalue weighted by molar-refractivity contribution is 6.00. The van der Waals surface area contributed by atoms with Crippen molar-refractivity contribution in [2.75, 3.05) is 0 Å². The lowest BCUT2D eigenvalue weighted by Gasteiger charge is -2.19. The molecule has 0 aromatic carbocycles. The van der Waals surface area contributed by atoms with E-state index in [0.717, 1.165) is 5.71 Å². The van der Waals surface area contributed by atoms with Crippen LogP contribution in [0, 0.1) is 11.3 Å². The summed E-state index contributed by atoms with van der Waals surface area (Å²) in [5.74, 6) is 1.07. The topological polar surface area (TPSA) is 113 Å². The average molecular weight is 362 g/mol. The third kappa shape index (κ3) is 3.55. The number of amides is 1. The van der Waals surface area contributed by atoms with Gasteiger partial charge in [0.15, 0.2) is 0 Å². The Labute approximate surface area is 153 Å². The van der Waals surface area contributed by atoms with E-state index in [4.69, 9.17) is 14.1 Å². The molecule has 134 valence electrons. The van der Waals surface area contributed by atoms with E-state index in [1.54, 1.807) is 30.7 Å². The Bertz CT molecular complexity index is 1020. The summed E-state index contributed by atoms with van der Waals surface area (Å²) in [5.41, 5.74) is 0.720. The molecule has 1 aliphatic rings. The van der Waals surface area contributed by atoms with E-state index in [2.05, 4.69) is 15.2 Å². The van der Waals surface area contributed by atoms with E-state index < -0.39 is 0 Å². The maximum Gasteiger partial charge on any atom is 0.265 e. The van der Waals surface area contributed by atoms with Gasteiger partial charge in [0.1, 0.15) is 36.5 Å². The molecule has 9 heteroatoms. The van der Waals surface area contributed by atoms with Gasteiger partial charge in [-0.25, -0.2) is 14.7 Å². The lowest BCUT2D eigenvalue weighted by atomic mass is 10.1. The number of carbonyl (C=O) groups is 1. The zero-order chi connectivity index (χ0) is 18.6. The fraction of sp³-hybridized carbons (Fsp3) is 0.167. The minimum absolute atomic E-state index is 0.0115. The fourth-order valence-corrected chi connectivity index (χ4v) is 2.76. The van der Waals surface area contributed by atoms with Gasteiger partial charge < -0.3 is 8.83 Å². The van der Waals surface area contributed by atoms with E-state index in [0.29, 0.717) is 17.9 Å². The first-order valence-corrected chi connectivity index (χ1v) is 8.17. The summed E-state index contributed by atoms with van der Waals surface area (Å²) >= 11 is 0.